The van der Waals surface area contributed by atoms with E-state index in [1.165, 1.54) is 18.1 Å². The molecule has 0 amide bonds. The fourth-order valence-corrected chi connectivity index (χ4v) is 3.97. The molecule has 2 aromatic carbocycles. The number of esters is 1. The first-order valence-electron chi connectivity index (χ1n) is 9.12. The minimum Gasteiger partial charge on any atom is -0.465 e. The maximum Gasteiger partial charge on any atom is 0.302 e. The van der Waals surface area contributed by atoms with E-state index in [1.807, 2.05) is 24.3 Å². The van der Waals surface area contributed by atoms with Crippen LogP contribution in [0, 0.1) is 0 Å². The molecular formula is C22H23NO3. The molecule has 1 unspecified atom stereocenters. The van der Waals surface area contributed by atoms with Gasteiger partial charge in [0.05, 0.1) is 0 Å². The summed E-state index contributed by atoms with van der Waals surface area (Å²) in [6.07, 6.45) is 1.01. The van der Waals surface area contributed by atoms with Crippen LogP contribution in [-0.4, -0.2) is 36.6 Å². The Labute approximate surface area is 154 Å². The van der Waals surface area contributed by atoms with E-state index in [1.54, 1.807) is 0 Å². The number of benzene rings is 2. The third kappa shape index (κ3) is 3.01. The zero-order valence-electron chi connectivity index (χ0n) is 15.2. The van der Waals surface area contributed by atoms with Crippen molar-refractivity contribution in [1.82, 2.24) is 4.90 Å². The number of rotatable bonds is 3. The van der Waals surface area contributed by atoms with Crippen molar-refractivity contribution in [3.8, 4) is 11.5 Å². The first-order valence-corrected chi connectivity index (χ1v) is 9.12. The Kier molecular flexibility index (Phi) is 4.51. The van der Waals surface area contributed by atoms with Crippen molar-refractivity contribution in [2.24, 2.45) is 0 Å². The summed E-state index contributed by atoms with van der Waals surface area (Å²) in [5, 5.41) is 0. The molecular weight excluding hydrogens is 326 g/mol. The summed E-state index contributed by atoms with van der Waals surface area (Å²) >= 11 is 0. The van der Waals surface area contributed by atoms with Crippen LogP contribution in [0.5, 0.6) is 11.5 Å². The van der Waals surface area contributed by atoms with E-state index >= 15 is 0 Å². The van der Waals surface area contributed by atoms with Gasteiger partial charge in [0.1, 0.15) is 18.1 Å². The molecule has 0 saturated carbocycles. The highest BCUT2D eigenvalue weighted by atomic mass is 16.5. The number of hydrogen-bond acceptors (Lipinski definition) is 4. The summed E-state index contributed by atoms with van der Waals surface area (Å²) in [5.74, 6) is 1.61. The van der Waals surface area contributed by atoms with Crippen molar-refractivity contribution in [3.63, 3.8) is 0 Å². The van der Waals surface area contributed by atoms with E-state index in [-0.39, 0.29) is 5.97 Å². The lowest BCUT2D eigenvalue weighted by molar-refractivity contribution is -0.141. The van der Waals surface area contributed by atoms with Crippen LogP contribution in [0.25, 0.3) is 5.57 Å². The quantitative estimate of drug-likeness (QED) is 0.663. The fraction of sp³-hybridized carbons (Fsp3) is 0.318. The largest absolute Gasteiger partial charge is 0.465 e. The third-order valence-corrected chi connectivity index (χ3v) is 5.26. The second kappa shape index (κ2) is 6.96. The number of fused-ring (bicyclic) bond motifs is 2. The van der Waals surface area contributed by atoms with Gasteiger partial charge in [0, 0.05) is 37.2 Å². The van der Waals surface area contributed by atoms with E-state index in [4.69, 9.17) is 9.47 Å². The van der Waals surface area contributed by atoms with E-state index in [2.05, 4.69) is 36.1 Å². The normalized spacial score (nSPS) is 18.9. The lowest BCUT2D eigenvalue weighted by Crippen LogP contribution is -2.31. The van der Waals surface area contributed by atoms with Gasteiger partial charge in [-0.3, -0.25) is 9.69 Å². The molecule has 134 valence electrons. The molecule has 0 aromatic heterocycles. The molecule has 4 heteroatoms. The van der Waals surface area contributed by atoms with Crippen molar-refractivity contribution < 1.29 is 14.3 Å². The van der Waals surface area contributed by atoms with Gasteiger partial charge in [-0.05, 0) is 36.6 Å². The lowest BCUT2D eigenvalue weighted by atomic mass is 9.87. The van der Waals surface area contributed by atoms with Crippen LogP contribution in [-0.2, 0) is 9.53 Å². The maximum absolute atomic E-state index is 11.0. The van der Waals surface area contributed by atoms with Crippen LogP contribution < -0.4 is 4.74 Å². The van der Waals surface area contributed by atoms with Crippen LogP contribution >= 0.6 is 0 Å². The molecule has 2 aromatic rings. The number of nitrogens with zero attached hydrogens (tertiary/aromatic N) is 1. The van der Waals surface area contributed by atoms with E-state index in [0.717, 1.165) is 42.1 Å². The van der Waals surface area contributed by atoms with Crippen molar-refractivity contribution >= 4 is 11.5 Å². The summed E-state index contributed by atoms with van der Waals surface area (Å²) in [4.78, 5) is 13.4. The minimum absolute atomic E-state index is 0.220. The van der Waals surface area contributed by atoms with Gasteiger partial charge in [-0.25, -0.2) is 0 Å². The molecule has 0 N–H and O–H groups in total. The molecule has 2 aliphatic rings. The van der Waals surface area contributed by atoms with Gasteiger partial charge in [-0.15, -0.1) is 0 Å². The molecule has 0 aliphatic carbocycles. The molecule has 2 heterocycles. The van der Waals surface area contributed by atoms with Gasteiger partial charge in [-0.1, -0.05) is 36.4 Å². The minimum atomic E-state index is -0.220. The van der Waals surface area contributed by atoms with Crippen LogP contribution in [0.2, 0.25) is 0 Å². The number of ether oxygens (including phenoxy) is 2. The summed E-state index contributed by atoms with van der Waals surface area (Å²) in [7, 11) is 0. The number of likely N-dealkylation sites (tertiary alicyclic amines) is 1. The molecule has 4 nitrogen and oxygen atoms in total. The Bertz CT molecular complexity index is 824. The third-order valence-electron chi connectivity index (χ3n) is 5.26. The monoisotopic (exact) mass is 349 g/mol. The molecule has 0 radical (unpaired) electrons. The molecule has 4 rings (SSSR count). The number of hydrogen-bond donors (Lipinski definition) is 0. The van der Waals surface area contributed by atoms with Crippen molar-refractivity contribution in [3.05, 3.63) is 65.2 Å². The summed E-state index contributed by atoms with van der Waals surface area (Å²) in [6, 6.07) is 16.8. The number of para-hydroxylation sites is 2. The SMILES string of the molecule is CC(=O)OCCN1CCC(=C2c3ccccc3Oc3ccccc32)C1C. The van der Waals surface area contributed by atoms with E-state index in [0.29, 0.717) is 12.6 Å². The molecule has 2 aliphatic heterocycles. The fourth-order valence-electron chi connectivity index (χ4n) is 3.97. The number of carbonyl (C=O) groups is 1. The van der Waals surface area contributed by atoms with Crippen molar-refractivity contribution in [2.75, 3.05) is 19.7 Å². The zero-order chi connectivity index (χ0) is 18.1. The Morgan fingerprint density at radius 1 is 1.12 bits per heavy atom. The molecule has 0 spiro atoms. The average molecular weight is 349 g/mol. The molecule has 1 saturated heterocycles. The first-order chi connectivity index (χ1) is 12.6. The maximum atomic E-state index is 11.0. The Morgan fingerprint density at radius 3 is 2.35 bits per heavy atom. The number of carbonyl (C=O) groups excluding carboxylic acids is 1. The summed E-state index contributed by atoms with van der Waals surface area (Å²) in [5.41, 5.74) is 5.05. The Morgan fingerprint density at radius 2 is 1.73 bits per heavy atom. The highest BCUT2D eigenvalue weighted by Gasteiger charge is 2.32. The van der Waals surface area contributed by atoms with Crippen molar-refractivity contribution in [1.29, 1.82) is 0 Å². The summed E-state index contributed by atoms with van der Waals surface area (Å²) in [6.45, 7) is 5.88. The first kappa shape index (κ1) is 16.9. The highest BCUT2D eigenvalue weighted by Crippen LogP contribution is 2.47. The van der Waals surface area contributed by atoms with E-state index < -0.39 is 0 Å². The average Bonchev–Trinajstić information content (AvgIpc) is 3.00. The topological polar surface area (TPSA) is 38.8 Å². The Hall–Kier alpha value is -2.59. The molecule has 1 atom stereocenters. The van der Waals surface area contributed by atoms with Gasteiger partial charge in [0.25, 0.3) is 0 Å². The Balaban J connectivity index is 1.71. The van der Waals surface area contributed by atoms with Crippen LogP contribution in [0.3, 0.4) is 0 Å². The zero-order valence-corrected chi connectivity index (χ0v) is 15.2. The lowest BCUT2D eigenvalue weighted by Gasteiger charge is -2.27. The van der Waals surface area contributed by atoms with Crippen molar-refractivity contribution in [2.45, 2.75) is 26.3 Å². The predicted molar refractivity (Wildman–Crippen MR) is 101 cm³/mol. The van der Waals surface area contributed by atoms with Crippen LogP contribution in [0.1, 0.15) is 31.4 Å². The predicted octanol–water partition coefficient (Wildman–Crippen LogP) is 4.25. The molecule has 26 heavy (non-hydrogen) atoms. The van der Waals surface area contributed by atoms with Gasteiger partial charge in [-0.2, -0.15) is 0 Å². The van der Waals surface area contributed by atoms with Gasteiger partial charge >= 0.3 is 5.97 Å². The standard InChI is InChI=1S/C22H23NO3/c1-15-17(11-12-23(15)13-14-25-16(2)24)22-18-7-3-5-9-20(18)26-21-10-6-4-8-19(21)22/h3-10,15H,11-14H2,1-2H3. The van der Waals surface area contributed by atoms with E-state index in [9.17, 15) is 4.79 Å². The second-order valence-corrected chi connectivity index (χ2v) is 6.80. The molecule has 1 fully saturated rings. The smallest absolute Gasteiger partial charge is 0.302 e. The van der Waals surface area contributed by atoms with Gasteiger partial charge in [0.2, 0.25) is 0 Å². The van der Waals surface area contributed by atoms with Gasteiger partial charge < -0.3 is 9.47 Å². The van der Waals surface area contributed by atoms with Crippen LogP contribution in [0.15, 0.2) is 54.1 Å². The van der Waals surface area contributed by atoms with Crippen LogP contribution in [0.4, 0.5) is 0 Å². The second-order valence-electron chi connectivity index (χ2n) is 6.80. The molecule has 0 bridgehead atoms. The summed E-state index contributed by atoms with van der Waals surface area (Å²) < 4.78 is 11.2. The highest BCUT2D eigenvalue weighted by molar-refractivity contribution is 5.90. The van der Waals surface area contributed by atoms with Gasteiger partial charge in [0.15, 0.2) is 0 Å².